The topological polar surface area (TPSA) is 95.6 Å². The average molecular weight is 382 g/mol. The minimum Gasteiger partial charge on any atom is -0.384 e. The van der Waals surface area contributed by atoms with Crippen LogP contribution in [0.2, 0.25) is 0 Å². The molecule has 0 radical (unpaired) electrons. The Morgan fingerprint density at radius 3 is 2.18 bits per heavy atom. The summed E-state index contributed by atoms with van der Waals surface area (Å²) in [6.45, 7) is 0. The summed E-state index contributed by atoms with van der Waals surface area (Å²) in [5.74, 6) is -0.502. The molecule has 1 aliphatic rings. The second kappa shape index (κ2) is 7.03. The maximum Gasteiger partial charge on any atom is 0.274 e. The number of thiazole rings is 1. The lowest BCUT2D eigenvalue weighted by atomic mass is 9.84. The summed E-state index contributed by atoms with van der Waals surface area (Å²) in [6, 6.07) is 23.0. The zero-order chi connectivity index (χ0) is 19.7. The monoisotopic (exact) mass is 382 g/mol. The van der Waals surface area contributed by atoms with Crippen LogP contribution in [-0.2, 0) is 0 Å². The fourth-order valence-electron chi connectivity index (χ4n) is 3.33. The summed E-state index contributed by atoms with van der Waals surface area (Å²) in [5, 5.41) is 19.6. The number of nitrogens with two attached hydrogens (primary N) is 1. The van der Waals surface area contributed by atoms with E-state index in [1.54, 1.807) is 6.08 Å². The summed E-state index contributed by atoms with van der Waals surface area (Å²) in [6.07, 6.45) is 1.77. The molecule has 1 aliphatic heterocycles. The first-order chi connectivity index (χ1) is 13.7. The number of hydrogen-bond acceptors (Lipinski definition) is 5. The van der Waals surface area contributed by atoms with Gasteiger partial charge < -0.3 is 5.73 Å². The van der Waals surface area contributed by atoms with Crippen LogP contribution >= 0.6 is 11.3 Å². The number of benzene rings is 2. The SMILES string of the molecule is N#CC1=C(N)n2c(sc(=Cc3ccccc3)c2=O)=C(C#N)C1c1ccccc1. The van der Waals surface area contributed by atoms with Crippen molar-refractivity contribution in [2.75, 3.05) is 0 Å². The highest BCUT2D eigenvalue weighted by Crippen LogP contribution is 2.35. The Kier molecular flexibility index (Phi) is 4.41. The molecule has 0 fully saturated rings. The van der Waals surface area contributed by atoms with Crippen LogP contribution in [-0.4, -0.2) is 4.57 Å². The van der Waals surface area contributed by atoms with Gasteiger partial charge in [-0.2, -0.15) is 10.5 Å². The van der Waals surface area contributed by atoms with Crippen LogP contribution in [0.15, 0.2) is 71.0 Å². The van der Waals surface area contributed by atoms with Crippen molar-refractivity contribution in [2.45, 2.75) is 5.92 Å². The summed E-state index contributed by atoms with van der Waals surface area (Å²) < 4.78 is 2.22. The van der Waals surface area contributed by atoms with Gasteiger partial charge in [0.15, 0.2) is 0 Å². The predicted molar refractivity (Wildman–Crippen MR) is 109 cm³/mol. The van der Waals surface area contributed by atoms with Gasteiger partial charge in [0, 0.05) is 0 Å². The van der Waals surface area contributed by atoms with E-state index in [9.17, 15) is 15.3 Å². The van der Waals surface area contributed by atoms with Crippen molar-refractivity contribution in [3.05, 3.63) is 96.9 Å². The summed E-state index contributed by atoms with van der Waals surface area (Å²) in [7, 11) is 0. The number of rotatable bonds is 2. The summed E-state index contributed by atoms with van der Waals surface area (Å²) >= 11 is 1.22. The summed E-state index contributed by atoms with van der Waals surface area (Å²) in [5.41, 5.74) is 8.15. The summed E-state index contributed by atoms with van der Waals surface area (Å²) in [4.78, 5) is 13.0. The van der Waals surface area contributed by atoms with Crippen molar-refractivity contribution in [2.24, 2.45) is 5.73 Å². The van der Waals surface area contributed by atoms with Gasteiger partial charge in [0.2, 0.25) is 0 Å². The van der Waals surface area contributed by atoms with Crippen LogP contribution in [0, 0.1) is 22.7 Å². The lowest BCUT2D eigenvalue weighted by Crippen LogP contribution is -2.38. The van der Waals surface area contributed by atoms with Crippen molar-refractivity contribution >= 4 is 28.8 Å². The molecule has 1 aromatic heterocycles. The predicted octanol–water partition coefficient (Wildman–Crippen LogP) is 1.86. The normalized spacial score (nSPS) is 16.4. The van der Waals surface area contributed by atoms with Gasteiger partial charge >= 0.3 is 0 Å². The molecule has 0 saturated heterocycles. The molecule has 0 aliphatic carbocycles. The number of fused-ring (bicyclic) bond motifs is 1. The second-order valence-electron chi connectivity index (χ2n) is 6.25. The minimum absolute atomic E-state index is 0.0827. The Morgan fingerprint density at radius 1 is 0.964 bits per heavy atom. The van der Waals surface area contributed by atoms with Crippen molar-refractivity contribution in [1.29, 1.82) is 10.5 Å². The fraction of sp³-hybridized carbons (Fsp3) is 0.0455. The number of nitrogens with zero attached hydrogens (tertiary/aromatic N) is 3. The van der Waals surface area contributed by atoms with Gasteiger partial charge in [-0.3, -0.25) is 9.36 Å². The molecule has 2 N–H and O–H groups in total. The standard InChI is InChI=1S/C22H14N4OS/c23-12-16-19(15-9-5-2-6-10-15)17(13-24)22-26(20(16)25)21(27)18(28-22)11-14-7-3-1-4-8-14/h1-11,19H,25H2. The van der Waals surface area contributed by atoms with Gasteiger partial charge in [0.05, 0.1) is 33.7 Å². The fourth-order valence-corrected chi connectivity index (χ4v) is 4.46. The van der Waals surface area contributed by atoms with Crippen molar-refractivity contribution in [3.63, 3.8) is 0 Å². The molecule has 6 heteroatoms. The molecule has 0 bridgehead atoms. The third kappa shape index (κ3) is 2.73. The van der Waals surface area contributed by atoms with E-state index in [2.05, 4.69) is 12.1 Å². The third-order valence-corrected chi connectivity index (χ3v) is 5.73. The Hall–Kier alpha value is -3.87. The molecule has 1 unspecified atom stereocenters. The molecule has 28 heavy (non-hydrogen) atoms. The highest BCUT2D eigenvalue weighted by Gasteiger charge is 2.31. The van der Waals surface area contributed by atoms with E-state index in [4.69, 9.17) is 5.73 Å². The lowest BCUT2D eigenvalue weighted by molar-refractivity contribution is 0.906. The molecule has 3 aromatic rings. The number of aromatic nitrogens is 1. The number of nitriles is 2. The second-order valence-corrected chi connectivity index (χ2v) is 7.28. The van der Waals surface area contributed by atoms with Crippen LogP contribution < -0.4 is 20.5 Å². The highest BCUT2D eigenvalue weighted by atomic mass is 32.1. The molecule has 134 valence electrons. The van der Waals surface area contributed by atoms with Crippen LogP contribution in [0.3, 0.4) is 0 Å². The quantitative estimate of drug-likeness (QED) is 0.732. The first-order valence-electron chi connectivity index (χ1n) is 8.53. The van der Waals surface area contributed by atoms with Gasteiger partial charge in [0.1, 0.15) is 10.5 Å². The first-order valence-corrected chi connectivity index (χ1v) is 9.35. The molecule has 0 amide bonds. The molecule has 0 saturated carbocycles. The molecule has 0 spiro atoms. The van der Waals surface area contributed by atoms with E-state index >= 15 is 0 Å². The van der Waals surface area contributed by atoms with E-state index in [-0.39, 0.29) is 17.0 Å². The van der Waals surface area contributed by atoms with Gasteiger partial charge in [0.25, 0.3) is 5.56 Å². The molecule has 2 aromatic carbocycles. The van der Waals surface area contributed by atoms with Crippen LogP contribution in [0.1, 0.15) is 17.0 Å². The Bertz CT molecular complexity index is 1350. The van der Waals surface area contributed by atoms with Gasteiger partial charge in [-0.25, -0.2) is 0 Å². The van der Waals surface area contributed by atoms with Crippen molar-refractivity contribution < 1.29 is 0 Å². The highest BCUT2D eigenvalue weighted by molar-refractivity contribution is 7.07. The number of hydrogen-bond donors (Lipinski definition) is 1. The van der Waals surface area contributed by atoms with E-state index in [1.165, 1.54) is 15.9 Å². The van der Waals surface area contributed by atoms with Crippen LogP contribution in [0.4, 0.5) is 0 Å². The maximum absolute atomic E-state index is 13.0. The van der Waals surface area contributed by atoms with E-state index in [1.807, 2.05) is 60.7 Å². The molecule has 5 nitrogen and oxygen atoms in total. The van der Waals surface area contributed by atoms with Crippen LogP contribution in [0.25, 0.3) is 17.5 Å². The van der Waals surface area contributed by atoms with E-state index in [0.717, 1.165) is 11.1 Å². The first kappa shape index (κ1) is 17.5. The molecule has 2 heterocycles. The molecule has 4 rings (SSSR count). The van der Waals surface area contributed by atoms with Crippen molar-refractivity contribution in [1.82, 2.24) is 4.57 Å². The Morgan fingerprint density at radius 2 is 1.57 bits per heavy atom. The minimum atomic E-state index is -0.584. The van der Waals surface area contributed by atoms with Crippen LogP contribution in [0.5, 0.6) is 0 Å². The van der Waals surface area contributed by atoms with Gasteiger partial charge in [-0.1, -0.05) is 60.7 Å². The zero-order valence-corrected chi connectivity index (χ0v) is 15.5. The van der Waals surface area contributed by atoms with E-state index < -0.39 is 5.92 Å². The smallest absolute Gasteiger partial charge is 0.274 e. The van der Waals surface area contributed by atoms with Gasteiger partial charge in [-0.15, -0.1) is 11.3 Å². The third-order valence-electron chi connectivity index (χ3n) is 4.62. The average Bonchev–Trinajstić information content (AvgIpc) is 3.05. The maximum atomic E-state index is 13.0. The molecular weight excluding hydrogens is 368 g/mol. The Labute approximate surface area is 164 Å². The largest absolute Gasteiger partial charge is 0.384 e. The molecular formula is C22H14N4OS. The molecule has 1 atom stereocenters. The number of allylic oxidation sites excluding steroid dienone is 1. The Balaban J connectivity index is 2.08. The van der Waals surface area contributed by atoms with Crippen molar-refractivity contribution in [3.8, 4) is 12.1 Å². The van der Waals surface area contributed by atoms with Gasteiger partial charge in [-0.05, 0) is 17.2 Å². The lowest BCUT2D eigenvalue weighted by Gasteiger charge is -2.22. The zero-order valence-electron chi connectivity index (χ0n) is 14.7. The van der Waals surface area contributed by atoms with E-state index in [0.29, 0.717) is 14.8 Å².